The molecule has 3 N–H and O–H groups in total. The molecule has 0 unspecified atom stereocenters. The van der Waals surface area contributed by atoms with Crippen LogP contribution in [0, 0.1) is 11.6 Å². The molecule has 0 saturated heterocycles. The van der Waals surface area contributed by atoms with Gasteiger partial charge in [0, 0.05) is 45.8 Å². The van der Waals surface area contributed by atoms with Crippen LogP contribution in [-0.4, -0.2) is 49.2 Å². The normalized spacial score (nSPS) is 12.1. The van der Waals surface area contributed by atoms with Gasteiger partial charge < -0.3 is 15.2 Å². The fourth-order valence-electron chi connectivity index (χ4n) is 5.06. The Bertz CT molecular complexity index is 2010. The number of nitrogens with one attached hydrogen (secondary N) is 2. The van der Waals surface area contributed by atoms with Crippen LogP contribution < -0.4 is 10.1 Å². The molecule has 12 heteroatoms. The van der Waals surface area contributed by atoms with Gasteiger partial charge in [0.2, 0.25) is 5.91 Å². The number of hydrogen-bond acceptors (Lipinski definition) is 7. The molecular formula is C31H26F2N6O3S. The molecule has 0 aliphatic heterocycles. The van der Waals surface area contributed by atoms with Gasteiger partial charge in [-0.1, -0.05) is 12.6 Å². The van der Waals surface area contributed by atoms with Crippen molar-refractivity contribution in [1.29, 1.82) is 0 Å². The number of aromatic nitrogens is 5. The summed E-state index contributed by atoms with van der Waals surface area (Å²) in [7, 11) is 1.87. The standard InChI is InChI=1S/C31H26F2N6O3S/c1-4-26(41)35-16(2)22-14-23(38-37-22)30-28(27-21(33)12-19(32)13-25(27)42-9-8-40)31-20(7-10-43-31)29(36-30)17-5-6-24-18(11-17)15-34-39(24)3/h4-7,10-16,40H,1,8-9H2,2-3H3,(H,35,41)(H,37,38)/t16-/m0/s1. The summed E-state index contributed by atoms with van der Waals surface area (Å²) in [6.45, 7) is 4.76. The van der Waals surface area contributed by atoms with Crippen molar-refractivity contribution in [3.05, 3.63) is 84.0 Å². The number of aromatic amines is 1. The van der Waals surface area contributed by atoms with E-state index in [0.717, 1.165) is 34.0 Å². The zero-order valence-corrected chi connectivity index (χ0v) is 24.0. The number of pyridine rings is 1. The molecule has 6 rings (SSSR count). The van der Waals surface area contributed by atoms with E-state index < -0.39 is 17.7 Å². The van der Waals surface area contributed by atoms with E-state index in [9.17, 15) is 14.3 Å². The summed E-state index contributed by atoms with van der Waals surface area (Å²) in [5.74, 6) is -2.09. The second-order valence-electron chi connectivity index (χ2n) is 9.86. The molecule has 4 aromatic heterocycles. The Balaban J connectivity index is 1.63. The zero-order chi connectivity index (χ0) is 30.2. The molecule has 0 fully saturated rings. The summed E-state index contributed by atoms with van der Waals surface area (Å²) in [4.78, 5) is 17.0. The minimum absolute atomic E-state index is 0.00313. The third-order valence-electron chi connectivity index (χ3n) is 7.10. The van der Waals surface area contributed by atoms with Crippen molar-refractivity contribution < 1.29 is 23.4 Å². The number of aliphatic hydroxyl groups is 1. The van der Waals surface area contributed by atoms with Crippen molar-refractivity contribution in [2.75, 3.05) is 13.2 Å². The van der Waals surface area contributed by atoms with Crippen LogP contribution in [0.3, 0.4) is 0 Å². The molecule has 0 spiro atoms. The maximum Gasteiger partial charge on any atom is 0.243 e. The summed E-state index contributed by atoms with van der Waals surface area (Å²) in [6.07, 6.45) is 2.95. The Morgan fingerprint density at radius 3 is 2.84 bits per heavy atom. The van der Waals surface area contributed by atoms with Gasteiger partial charge in [0.05, 0.1) is 41.3 Å². The first-order chi connectivity index (χ1) is 20.8. The Morgan fingerprint density at radius 2 is 2.05 bits per heavy atom. The predicted octanol–water partition coefficient (Wildman–Crippen LogP) is 5.92. The third kappa shape index (κ3) is 5.15. The molecule has 43 heavy (non-hydrogen) atoms. The Labute approximate surface area is 248 Å². The predicted molar refractivity (Wildman–Crippen MR) is 162 cm³/mol. The van der Waals surface area contributed by atoms with Crippen molar-refractivity contribution in [2.45, 2.75) is 13.0 Å². The van der Waals surface area contributed by atoms with E-state index in [2.05, 4.69) is 27.2 Å². The number of rotatable bonds is 9. The van der Waals surface area contributed by atoms with E-state index in [4.69, 9.17) is 9.72 Å². The van der Waals surface area contributed by atoms with Gasteiger partial charge in [0.1, 0.15) is 35.4 Å². The highest BCUT2D eigenvalue weighted by Gasteiger charge is 2.27. The Hall–Kier alpha value is -4.94. The summed E-state index contributed by atoms with van der Waals surface area (Å²) in [5, 5.41) is 27.5. The number of aliphatic hydroxyl groups excluding tert-OH is 1. The average Bonchev–Trinajstić information content (AvgIpc) is 3.76. The van der Waals surface area contributed by atoms with Crippen LogP contribution in [0.2, 0.25) is 0 Å². The molecule has 1 amide bonds. The number of ether oxygens (including phenoxy) is 1. The third-order valence-corrected chi connectivity index (χ3v) is 8.03. The number of fused-ring (bicyclic) bond motifs is 2. The molecule has 9 nitrogen and oxygen atoms in total. The number of carbonyl (C=O) groups is 1. The number of benzene rings is 2. The van der Waals surface area contributed by atoms with Gasteiger partial charge in [0.25, 0.3) is 0 Å². The van der Waals surface area contributed by atoms with Crippen LogP contribution >= 0.6 is 11.3 Å². The number of carbonyl (C=O) groups excluding carboxylic acids is 1. The van der Waals surface area contributed by atoms with E-state index in [1.54, 1.807) is 23.9 Å². The smallest absolute Gasteiger partial charge is 0.243 e. The first-order valence-electron chi connectivity index (χ1n) is 13.3. The van der Waals surface area contributed by atoms with Crippen molar-refractivity contribution in [3.8, 4) is 39.5 Å². The molecular weight excluding hydrogens is 574 g/mol. The first-order valence-corrected chi connectivity index (χ1v) is 14.2. The summed E-state index contributed by atoms with van der Waals surface area (Å²) >= 11 is 1.38. The molecule has 2 aromatic carbocycles. The second-order valence-corrected chi connectivity index (χ2v) is 10.8. The Kier molecular flexibility index (Phi) is 7.46. The average molecular weight is 601 g/mol. The SMILES string of the molecule is C=CC(=O)N[C@@H](C)c1cc(-c2nc(-c3ccc4c(cnn4C)c3)c3ccsc3c2-c2c(F)cc(F)cc2OCCO)n[nH]1. The van der Waals surface area contributed by atoms with Crippen molar-refractivity contribution in [1.82, 2.24) is 30.3 Å². The van der Waals surface area contributed by atoms with Gasteiger partial charge >= 0.3 is 0 Å². The number of hydrogen-bond donors (Lipinski definition) is 3. The van der Waals surface area contributed by atoms with Crippen molar-refractivity contribution in [2.24, 2.45) is 7.05 Å². The van der Waals surface area contributed by atoms with Crippen LogP contribution in [-0.2, 0) is 11.8 Å². The second kappa shape index (κ2) is 11.4. The van der Waals surface area contributed by atoms with E-state index in [-0.39, 0.29) is 30.4 Å². The molecule has 0 aliphatic rings. The monoisotopic (exact) mass is 600 g/mol. The quantitative estimate of drug-likeness (QED) is 0.177. The highest BCUT2D eigenvalue weighted by Crippen LogP contribution is 2.47. The largest absolute Gasteiger partial charge is 0.490 e. The van der Waals surface area contributed by atoms with Crippen LogP contribution in [0.4, 0.5) is 8.78 Å². The molecule has 1 atom stereocenters. The Morgan fingerprint density at radius 1 is 1.21 bits per heavy atom. The lowest BCUT2D eigenvalue weighted by Gasteiger charge is -2.17. The summed E-state index contributed by atoms with van der Waals surface area (Å²) in [5.41, 5.74) is 4.04. The van der Waals surface area contributed by atoms with E-state index >= 15 is 4.39 Å². The van der Waals surface area contributed by atoms with Gasteiger partial charge in [-0.2, -0.15) is 10.2 Å². The molecule has 0 aliphatic carbocycles. The minimum Gasteiger partial charge on any atom is -0.490 e. The fourth-order valence-corrected chi connectivity index (χ4v) is 6.01. The van der Waals surface area contributed by atoms with Crippen LogP contribution in [0.5, 0.6) is 5.75 Å². The maximum absolute atomic E-state index is 15.8. The van der Waals surface area contributed by atoms with Gasteiger partial charge in [-0.05, 0) is 42.6 Å². The topological polar surface area (TPSA) is 118 Å². The van der Waals surface area contributed by atoms with Crippen molar-refractivity contribution in [3.63, 3.8) is 0 Å². The lowest BCUT2D eigenvalue weighted by atomic mass is 9.96. The van der Waals surface area contributed by atoms with Crippen LogP contribution in [0.15, 0.2) is 66.7 Å². The number of nitrogens with zero attached hydrogens (tertiary/aromatic N) is 4. The summed E-state index contributed by atoms with van der Waals surface area (Å²) < 4.78 is 38.3. The number of halogens is 2. The number of aryl methyl sites for hydroxylation is 1. The van der Waals surface area contributed by atoms with Gasteiger partial charge in [-0.25, -0.2) is 13.8 Å². The number of H-pyrrole nitrogens is 1. The van der Waals surface area contributed by atoms with Crippen LogP contribution in [0.25, 0.3) is 54.8 Å². The van der Waals surface area contributed by atoms with Gasteiger partial charge in [0.15, 0.2) is 0 Å². The molecule has 0 saturated carbocycles. The maximum atomic E-state index is 15.8. The molecule has 0 bridgehead atoms. The van der Waals surface area contributed by atoms with Gasteiger partial charge in [-0.3, -0.25) is 14.6 Å². The van der Waals surface area contributed by atoms with Crippen LogP contribution in [0.1, 0.15) is 18.7 Å². The highest BCUT2D eigenvalue weighted by atomic mass is 32.1. The first kappa shape index (κ1) is 28.2. The van der Waals surface area contributed by atoms with E-state index in [1.165, 1.54) is 17.4 Å². The zero-order valence-electron chi connectivity index (χ0n) is 23.2. The fraction of sp³-hybridized carbons (Fsp3) is 0.161. The van der Waals surface area contributed by atoms with E-state index in [0.29, 0.717) is 33.0 Å². The molecule has 0 radical (unpaired) electrons. The molecule has 4 heterocycles. The lowest BCUT2D eigenvalue weighted by molar-refractivity contribution is -0.117. The number of thiophene rings is 1. The van der Waals surface area contributed by atoms with Gasteiger partial charge in [-0.15, -0.1) is 11.3 Å². The lowest BCUT2D eigenvalue weighted by Crippen LogP contribution is -2.24. The molecule has 218 valence electrons. The van der Waals surface area contributed by atoms with E-state index in [1.807, 2.05) is 36.7 Å². The number of amides is 1. The summed E-state index contributed by atoms with van der Waals surface area (Å²) in [6, 6.07) is 11.0. The minimum atomic E-state index is -0.849. The molecule has 6 aromatic rings. The van der Waals surface area contributed by atoms with Crippen molar-refractivity contribution >= 4 is 38.2 Å². The highest BCUT2D eigenvalue weighted by molar-refractivity contribution is 7.18.